The van der Waals surface area contributed by atoms with Gasteiger partial charge in [-0.1, -0.05) is 6.92 Å². The van der Waals surface area contributed by atoms with E-state index in [1.54, 1.807) is 27.7 Å². The first-order chi connectivity index (χ1) is 9.64. The summed E-state index contributed by atoms with van der Waals surface area (Å²) in [6.07, 6.45) is -0.300. The number of primary amides is 1. The zero-order chi connectivity index (χ0) is 16.2. The standard InChI is InChI=1S/C14H20FN3O3/c1-5-9(18-13(20)21-14(2,3)4)11-8(15)6-7-10(17-11)12(16)19/h6-7,9H,5H2,1-4H3,(H2,16,19)(H,18,20). The molecule has 0 saturated carbocycles. The van der Waals surface area contributed by atoms with Gasteiger partial charge in [-0.05, 0) is 39.3 Å². The molecule has 0 fully saturated rings. The van der Waals surface area contributed by atoms with E-state index in [1.807, 2.05) is 0 Å². The summed E-state index contributed by atoms with van der Waals surface area (Å²) in [7, 11) is 0. The molecular weight excluding hydrogens is 277 g/mol. The molecule has 1 heterocycles. The van der Waals surface area contributed by atoms with Gasteiger partial charge in [0.05, 0.1) is 11.7 Å². The summed E-state index contributed by atoms with van der Waals surface area (Å²) in [5.41, 5.74) is 4.36. The number of nitrogens with one attached hydrogen (secondary N) is 1. The Balaban J connectivity index is 2.97. The molecule has 1 rings (SSSR count). The minimum absolute atomic E-state index is 0.0420. The Kier molecular flexibility index (Phi) is 5.23. The maximum absolute atomic E-state index is 13.9. The Morgan fingerprint density at radius 1 is 1.43 bits per heavy atom. The highest BCUT2D eigenvalue weighted by atomic mass is 19.1. The predicted molar refractivity (Wildman–Crippen MR) is 75.1 cm³/mol. The first kappa shape index (κ1) is 16.9. The van der Waals surface area contributed by atoms with E-state index in [0.29, 0.717) is 6.42 Å². The lowest BCUT2D eigenvalue weighted by atomic mass is 10.1. The zero-order valence-electron chi connectivity index (χ0n) is 12.6. The highest BCUT2D eigenvalue weighted by molar-refractivity contribution is 5.90. The van der Waals surface area contributed by atoms with Crippen molar-refractivity contribution in [2.75, 3.05) is 0 Å². The number of hydrogen-bond acceptors (Lipinski definition) is 4. The lowest BCUT2D eigenvalue weighted by molar-refractivity contribution is 0.0500. The Morgan fingerprint density at radius 3 is 2.52 bits per heavy atom. The smallest absolute Gasteiger partial charge is 0.408 e. The molecule has 0 spiro atoms. The Labute approximate surface area is 122 Å². The fourth-order valence-electron chi connectivity index (χ4n) is 1.65. The second-order valence-corrected chi connectivity index (χ2v) is 5.53. The van der Waals surface area contributed by atoms with Gasteiger partial charge in [0.1, 0.15) is 17.1 Å². The fourth-order valence-corrected chi connectivity index (χ4v) is 1.65. The van der Waals surface area contributed by atoms with Crippen molar-refractivity contribution in [3.05, 3.63) is 29.3 Å². The predicted octanol–water partition coefficient (Wildman–Crippen LogP) is 2.30. The van der Waals surface area contributed by atoms with Crippen molar-refractivity contribution < 1.29 is 18.7 Å². The molecule has 3 N–H and O–H groups in total. The summed E-state index contributed by atoms with van der Waals surface area (Å²) in [4.78, 5) is 26.7. The first-order valence-corrected chi connectivity index (χ1v) is 6.59. The first-order valence-electron chi connectivity index (χ1n) is 6.59. The number of carbonyl (C=O) groups excluding carboxylic acids is 2. The van der Waals surface area contributed by atoms with Crippen molar-refractivity contribution in [3.8, 4) is 0 Å². The Morgan fingerprint density at radius 2 is 2.05 bits per heavy atom. The number of ether oxygens (including phenoxy) is 1. The number of pyridine rings is 1. The number of hydrogen-bond donors (Lipinski definition) is 2. The minimum Gasteiger partial charge on any atom is -0.444 e. The molecule has 1 unspecified atom stereocenters. The summed E-state index contributed by atoms with van der Waals surface area (Å²) in [6, 6.07) is 1.59. The summed E-state index contributed by atoms with van der Waals surface area (Å²) in [5, 5.41) is 2.53. The van der Waals surface area contributed by atoms with Gasteiger partial charge in [0.2, 0.25) is 0 Å². The number of nitrogens with zero attached hydrogens (tertiary/aromatic N) is 1. The maximum Gasteiger partial charge on any atom is 0.408 e. The van der Waals surface area contributed by atoms with Crippen LogP contribution >= 0.6 is 0 Å². The van der Waals surface area contributed by atoms with Crippen LogP contribution in [0.2, 0.25) is 0 Å². The minimum atomic E-state index is -0.761. The van der Waals surface area contributed by atoms with E-state index < -0.39 is 29.5 Å². The van der Waals surface area contributed by atoms with Crippen LogP contribution in [0, 0.1) is 5.82 Å². The molecule has 0 saturated heterocycles. The SMILES string of the molecule is CCC(NC(=O)OC(C)(C)C)c1nc(C(N)=O)ccc1F. The molecule has 0 radical (unpaired) electrons. The quantitative estimate of drug-likeness (QED) is 0.891. The van der Waals surface area contributed by atoms with Crippen molar-refractivity contribution in [1.29, 1.82) is 0 Å². The molecular formula is C14H20FN3O3. The van der Waals surface area contributed by atoms with Crippen LogP contribution in [0.3, 0.4) is 0 Å². The van der Waals surface area contributed by atoms with E-state index in [-0.39, 0.29) is 11.4 Å². The van der Waals surface area contributed by atoms with Gasteiger partial charge in [0, 0.05) is 0 Å². The van der Waals surface area contributed by atoms with Crippen LogP contribution in [0.5, 0.6) is 0 Å². The fraction of sp³-hybridized carbons (Fsp3) is 0.500. The topological polar surface area (TPSA) is 94.3 Å². The van der Waals surface area contributed by atoms with Gasteiger partial charge in [-0.3, -0.25) is 4.79 Å². The number of nitrogens with two attached hydrogens (primary N) is 1. The highest BCUT2D eigenvalue weighted by Gasteiger charge is 2.23. The summed E-state index contributed by atoms with van der Waals surface area (Å²) in [5.74, 6) is -1.38. The lowest BCUT2D eigenvalue weighted by Gasteiger charge is -2.23. The summed E-state index contributed by atoms with van der Waals surface area (Å²) < 4.78 is 19.0. The largest absolute Gasteiger partial charge is 0.444 e. The van der Waals surface area contributed by atoms with Crippen LogP contribution in [-0.2, 0) is 4.74 Å². The number of aromatic nitrogens is 1. The molecule has 21 heavy (non-hydrogen) atoms. The molecule has 0 aliphatic carbocycles. The monoisotopic (exact) mass is 297 g/mol. The lowest BCUT2D eigenvalue weighted by Crippen LogP contribution is -2.35. The molecule has 1 aromatic heterocycles. The van der Waals surface area contributed by atoms with E-state index >= 15 is 0 Å². The second kappa shape index (κ2) is 6.51. The molecule has 2 amide bonds. The van der Waals surface area contributed by atoms with Crippen LogP contribution in [-0.4, -0.2) is 22.6 Å². The van der Waals surface area contributed by atoms with E-state index in [4.69, 9.17) is 10.5 Å². The number of rotatable bonds is 4. The van der Waals surface area contributed by atoms with Crippen LogP contribution in [0.15, 0.2) is 12.1 Å². The van der Waals surface area contributed by atoms with Gasteiger partial charge in [-0.2, -0.15) is 0 Å². The van der Waals surface area contributed by atoms with E-state index in [2.05, 4.69) is 10.3 Å². The number of carbonyl (C=O) groups is 2. The molecule has 1 aromatic rings. The Bertz CT molecular complexity index is 541. The van der Waals surface area contributed by atoms with Gasteiger partial charge in [-0.25, -0.2) is 14.2 Å². The van der Waals surface area contributed by atoms with E-state index in [0.717, 1.165) is 6.07 Å². The summed E-state index contributed by atoms with van der Waals surface area (Å²) >= 11 is 0. The average Bonchev–Trinajstić information content (AvgIpc) is 2.34. The van der Waals surface area contributed by atoms with Crippen molar-refractivity contribution in [1.82, 2.24) is 10.3 Å². The van der Waals surface area contributed by atoms with E-state index in [9.17, 15) is 14.0 Å². The number of amides is 2. The van der Waals surface area contributed by atoms with Gasteiger partial charge in [0.15, 0.2) is 0 Å². The van der Waals surface area contributed by atoms with Crippen LogP contribution in [0.4, 0.5) is 9.18 Å². The zero-order valence-corrected chi connectivity index (χ0v) is 12.6. The molecule has 6 nitrogen and oxygen atoms in total. The molecule has 0 aliphatic heterocycles. The number of halogens is 1. The van der Waals surface area contributed by atoms with E-state index in [1.165, 1.54) is 6.07 Å². The maximum atomic E-state index is 13.9. The molecule has 0 bridgehead atoms. The summed E-state index contributed by atoms with van der Waals surface area (Å²) in [6.45, 7) is 6.92. The van der Waals surface area contributed by atoms with Crippen molar-refractivity contribution >= 4 is 12.0 Å². The third-order valence-corrected chi connectivity index (χ3v) is 2.55. The van der Waals surface area contributed by atoms with Crippen molar-refractivity contribution in [2.24, 2.45) is 5.73 Å². The Hall–Kier alpha value is -2.18. The van der Waals surface area contributed by atoms with Crippen LogP contribution < -0.4 is 11.1 Å². The molecule has 1 atom stereocenters. The van der Waals surface area contributed by atoms with Crippen molar-refractivity contribution in [3.63, 3.8) is 0 Å². The van der Waals surface area contributed by atoms with Gasteiger partial charge >= 0.3 is 6.09 Å². The molecule has 7 heteroatoms. The van der Waals surface area contributed by atoms with Gasteiger partial charge in [-0.15, -0.1) is 0 Å². The molecule has 116 valence electrons. The second-order valence-electron chi connectivity index (χ2n) is 5.53. The van der Waals surface area contributed by atoms with Crippen LogP contribution in [0.1, 0.15) is 56.3 Å². The van der Waals surface area contributed by atoms with Gasteiger partial charge < -0.3 is 15.8 Å². The van der Waals surface area contributed by atoms with Crippen molar-refractivity contribution in [2.45, 2.75) is 45.8 Å². The van der Waals surface area contributed by atoms with Crippen LogP contribution in [0.25, 0.3) is 0 Å². The average molecular weight is 297 g/mol. The normalized spacial score (nSPS) is 12.6. The third kappa shape index (κ3) is 5.02. The molecule has 0 aliphatic rings. The van der Waals surface area contributed by atoms with Gasteiger partial charge in [0.25, 0.3) is 5.91 Å². The number of alkyl carbamates (subject to hydrolysis) is 1. The third-order valence-electron chi connectivity index (χ3n) is 2.55. The highest BCUT2D eigenvalue weighted by Crippen LogP contribution is 2.19. The molecule has 0 aromatic carbocycles.